The van der Waals surface area contributed by atoms with E-state index in [9.17, 15) is 9.59 Å². The zero-order valence-corrected chi connectivity index (χ0v) is 10.9. The van der Waals surface area contributed by atoms with Crippen molar-refractivity contribution in [3.8, 4) is 0 Å². The molecule has 2 rings (SSSR count). The van der Waals surface area contributed by atoms with E-state index in [1.165, 1.54) is 6.07 Å². The topological polar surface area (TPSA) is 61.4 Å². The highest BCUT2D eigenvalue weighted by atomic mass is 35.5. The fraction of sp³-hybridized carbons (Fsp3) is 0.273. The van der Waals surface area contributed by atoms with Gasteiger partial charge in [0.25, 0.3) is 0 Å². The highest BCUT2D eigenvalue weighted by molar-refractivity contribution is 6.42. The average molecular weight is 288 g/mol. The maximum Gasteiger partial charge on any atom is 0.329 e. The third-order valence-corrected chi connectivity index (χ3v) is 3.23. The SMILES string of the molecule is O=C1NCCCN1C(=O)Nc1ccc(Cl)c(Cl)c1. The van der Waals surface area contributed by atoms with E-state index in [-0.39, 0.29) is 6.03 Å². The molecule has 0 unspecified atom stereocenters. The molecule has 5 nitrogen and oxygen atoms in total. The molecule has 2 N–H and O–H groups in total. The van der Waals surface area contributed by atoms with E-state index in [1.54, 1.807) is 12.1 Å². The summed E-state index contributed by atoms with van der Waals surface area (Å²) in [5, 5.41) is 5.94. The van der Waals surface area contributed by atoms with E-state index < -0.39 is 6.03 Å². The Morgan fingerprint density at radius 1 is 1.33 bits per heavy atom. The summed E-state index contributed by atoms with van der Waals surface area (Å²) in [7, 11) is 0. The van der Waals surface area contributed by atoms with Crippen LogP contribution in [0.4, 0.5) is 15.3 Å². The summed E-state index contributed by atoms with van der Waals surface area (Å²) in [5.41, 5.74) is 0.493. The summed E-state index contributed by atoms with van der Waals surface area (Å²) in [5.74, 6) is 0. The van der Waals surface area contributed by atoms with Crippen LogP contribution >= 0.6 is 23.2 Å². The van der Waals surface area contributed by atoms with Crippen molar-refractivity contribution in [2.24, 2.45) is 0 Å². The van der Waals surface area contributed by atoms with Gasteiger partial charge in [-0.15, -0.1) is 0 Å². The van der Waals surface area contributed by atoms with Crippen LogP contribution < -0.4 is 10.6 Å². The predicted octanol–water partition coefficient (Wildman–Crippen LogP) is 2.94. The van der Waals surface area contributed by atoms with Gasteiger partial charge in [0, 0.05) is 18.8 Å². The Morgan fingerprint density at radius 3 is 2.78 bits per heavy atom. The molecule has 1 fully saturated rings. The third kappa shape index (κ3) is 2.86. The number of nitrogens with one attached hydrogen (secondary N) is 2. The van der Waals surface area contributed by atoms with Crippen molar-refractivity contribution in [3.63, 3.8) is 0 Å². The highest BCUT2D eigenvalue weighted by Crippen LogP contribution is 2.25. The normalized spacial score (nSPS) is 15.2. The first-order chi connectivity index (χ1) is 8.58. The van der Waals surface area contributed by atoms with Gasteiger partial charge in [-0.1, -0.05) is 23.2 Å². The molecule has 18 heavy (non-hydrogen) atoms. The zero-order chi connectivity index (χ0) is 13.1. The summed E-state index contributed by atoms with van der Waals surface area (Å²) in [6.45, 7) is 0.994. The second-order valence-corrected chi connectivity index (χ2v) is 4.61. The highest BCUT2D eigenvalue weighted by Gasteiger charge is 2.24. The van der Waals surface area contributed by atoms with Gasteiger partial charge in [0.15, 0.2) is 0 Å². The van der Waals surface area contributed by atoms with Crippen molar-refractivity contribution in [2.75, 3.05) is 18.4 Å². The molecule has 0 spiro atoms. The van der Waals surface area contributed by atoms with E-state index in [4.69, 9.17) is 23.2 Å². The minimum Gasteiger partial charge on any atom is -0.338 e. The Balaban J connectivity index is 2.06. The molecule has 1 aromatic rings. The van der Waals surface area contributed by atoms with Gasteiger partial charge in [-0.25, -0.2) is 14.5 Å². The van der Waals surface area contributed by atoms with Gasteiger partial charge in [-0.2, -0.15) is 0 Å². The van der Waals surface area contributed by atoms with Gasteiger partial charge >= 0.3 is 12.1 Å². The van der Waals surface area contributed by atoms with Crippen LogP contribution in [0.5, 0.6) is 0 Å². The van der Waals surface area contributed by atoms with Gasteiger partial charge in [-0.05, 0) is 24.6 Å². The first kappa shape index (κ1) is 13.0. The lowest BCUT2D eigenvalue weighted by Gasteiger charge is -2.25. The number of carbonyl (C=O) groups excluding carboxylic acids is 2. The van der Waals surface area contributed by atoms with Crippen molar-refractivity contribution in [1.82, 2.24) is 10.2 Å². The van der Waals surface area contributed by atoms with Crippen LogP contribution in [0.1, 0.15) is 6.42 Å². The number of benzene rings is 1. The Morgan fingerprint density at radius 2 is 2.11 bits per heavy atom. The molecule has 1 aliphatic rings. The smallest absolute Gasteiger partial charge is 0.329 e. The van der Waals surface area contributed by atoms with Crippen molar-refractivity contribution >= 4 is 41.0 Å². The lowest BCUT2D eigenvalue weighted by atomic mass is 10.3. The van der Waals surface area contributed by atoms with Crippen LogP contribution in [0.3, 0.4) is 0 Å². The monoisotopic (exact) mass is 287 g/mol. The van der Waals surface area contributed by atoms with Crippen LogP contribution in [0.15, 0.2) is 18.2 Å². The Bertz CT molecular complexity index is 493. The van der Waals surface area contributed by atoms with Crippen LogP contribution in [0, 0.1) is 0 Å². The molecule has 0 bridgehead atoms. The van der Waals surface area contributed by atoms with E-state index >= 15 is 0 Å². The number of urea groups is 2. The molecule has 1 aliphatic heterocycles. The summed E-state index contributed by atoms with van der Waals surface area (Å²) in [6, 6.07) is 3.86. The molecule has 0 radical (unpaired) electrons. The van der Waals surface area contributed by atoms with Crippen molar-refractivity contribution in [1.29, 1.82) is 0 Å². The van der Waals surface area contributed by atoms with E-state index in [2.05, 4.69) is 10.6 Å². The lowest BCUT2D eigenvalue weighted by molar-refractivity contribution is 0.185. The maximum atomic E-state index is 11.9. The quantitative estimate of drug-likeness (QED) is 0.834. The predicted molar refractivity (Wildman–Crippen MR) is 70.2 cm³/mol. The zero-order valence-electron chi connectivity index (χ0n) is 9.37. The maximum absolute atomic E-state index is 11.9. The molecular formula is C11H11Cl2N3O2. The van der Waals surface area contributed by atoms with Gasteiger partial charge in [0.1, 0.15) is 0 Å². The molecule has 7 heteroatoms. The molecule has 0 aromatic heterocycles. The number of hydrogen-bond donors (Lipinski definition) is 2. The first-order valence-corrected chi connectivity index (χ1v) is 6.15. The molecular weight excluding hydrogens is 277 g/mol. The molecule has 0 saturated carbocycles. The number of carbonyl (C=O) groups is 2. The van der Waals surface area contributed by atoms with E-state index in [0.29, 0.717) is 28.8 Å². The first-order valence-electron chi connectivity index (χ1n) is 5.39. The van der Waals surface area contributed by atoms with E-state index in [1.807, 2.05) is 0 Å². The average Bonchev–Trinajstić information content (AvgIpc) is 2.34. The fourth-order valence-electron chi connectivity index (χ4n) is 1.59. The van der Waals surface area contributed by atoms with E-state index in [0.717, 1.165) is 11.3 Å². The van der Waals surface area contributed by atoms with Crippen LogP contribution in [-0.2, 0) is 0 Å². The Labute approximate surface area is 114 Å². The molecule has 4 amide bonds. The molecule has 1 aromatic carbocycles. The second-order valence-electron chi connectivity index (χ2n) is 3.80. The van der Waals surface area contributed by atoms with Crippen LogP contribution in [-0.4, -0.2) is 30.1 Å². The Hall–Kier alpha value is -1.46. The van der Waals surface area contributed by atoms with Crippen molar-refractivity contribution < 1.29 is 9.59 Å². The molecule has 96 valence electrons. The van der Waals surface area contributed by atoms with Crippen molar-refractivity contribution in [3.05, 3.63) is 28.2 Å². The lowest BCUT2D eigenvalue weighted by Crippen LogP contribution is -2.50. The number of nitrogens with zero attached hydrogens (tertiary/aromatic N) is 1. The summed E-state index contributed by atoms with van der Waals surface area (Å²) >= 11 is 11.6. The minimum atomic E-state index is -0.481. The largest absolute Gasteiger partial charge is 0.338 e. The number of hydrogen-bond acceptors (Lipinski definition) is 2. The number of imide groups is 1. The van der Waals surface area contributed by atoms with Gasteiger partial charge < -0.3 is 10.6 Å². The minimum absolute atomic E-state index is 0.345. The second kappa shape index (κ2) is 5.46. The van der Waals surface area contributed by atoms with Gasteiger partial charge in [0.2, 0.25) is 0 Å². The number of amides is 4. The fourth-order valence-corrected chi connectivity index (χ4v) is 1.89. The standard InChI is InChI=1S/C11H11Cl2N3O2/c12-8-3-2-7(6-9(8)13)15-11(18)16-5-1-4-14-10(16)17/h2-3,6H,1,4-5H2,(H,14,17)(H,15,18). The van der Waals surface area contributed by atoms with Crippen LogP contribution in [0.2, 0.25) is 10.0 Å². The molecule has 0 aliphatic carbocycles. The Kier molecular flexibility index (Phi) is 3.93. The molecule has 1 saturated heterocycles. The number of rotatable bonds is 1. The summed E-state index contributed by atoms with van der Waals surface area (Å²) in [6.07, 6.45) is 0.737. The number of anilines is 1. The molecule has 0 atom stereocenters. The summed E-state index contributed by atoms with van der Waals surface area (Å²) < 4.78 is 0. The molecule has 1 heterocycles. The van der Waals surface area contributed by atoms with Gasteiger partial charge in [-0.3, -0.25) is 0 Å². The number of halogens is 2. The van der Waals surface area contributed by atoms with Gasteiger partial charge in [0.05, 0.1) is 10.0 Å². The van der Waals surface area contributed by atoms with Crippen molar-refractivity contribution in [2.45, 2.75) is 6.42 Å². The third-order valence-electron chi connectivity index (χ3n) is 2.50. The summed E-state index contributed by atoms with van der Waals surface area (Å²) in [4.78, 5) is 24.4. The van der Waals surface area contributed by atoms with Crippen LogP contribution in [0.25, 0.3) is 0 Å².